The first kappa shape index (κ1) is 9.02. The minimum Gasteiger partial charge on any atom is -0.478 e. The summed E-state index contributed by atoms with van der Waals surface area (Å²) in [5.41, 5.74) is 6.49. The van der Waals surface area contributed by atoms with E-state index in [0.29, 0.717) is 6.54 Å². The quantitative estimate of drug-likeness (QED) is 0.666. The molecule has 2 rings (SSSR count). The summed E-state index contributed by atoms with van der Waals surface area (Å²) in [6.45, 7) is 0.468. The summed E-state index contributed by atoms with van der Waals surface area (Å²) in [6, 6.07) is 0. The summed E-state index contributed by atoms with van der Waals surface area (Å²) in [7, 11) is 0. The number of fused-ring (bicyclic) bond motifs is 1. The van der Waals surface area contributed by atoms with Gasteiger partial charge in [0.05, 0.1) is 0 Å². The van der Waals surface area contributed by atoms with E-state index in [-0.39, 0.29) is 17.8 Å². The monoisotopic (exact) mass is 193 g/mol. The van der Waals surface area contributed by atoms with Crippen LogP contribution in [0, 0.1) is 5.92 Å². The van der Waals surface area contributed by atoms with Gasteiger partial charge in [0.25, 0.3) is 0 Å². The van der Waals surface area contributed by atoms with Crippen molar-refractivity contribution in [3.05, 3.63) is 35.6 Å². The standard InChI is InChI=1S/C10H11NO3/c11-5-6-1-2-8-7(3-6)4-9(14-8)10(12)13/h1-4,7-8H,5,11H2,(H,12,13). The molecule has 2 unspecified atom stereocenters. The first-order valence-electron chi connectivity index (χ1n) is 4.41. The fourth-order valence-corrected chi connectivity index (χ4v) is 1.62. The van der Waals surface area contributed by atoms with Crippen LogP contribution in [0.3, 0.4) is 0 Å². The number of ether oxygens (including phenoxy) is 1. The van der Waals surface area contributed by atoms with Gasteiger partial charge in [-0.1, -0.05) is 12.2 Å². The Balaban J connectivity index is 2.21. The van der Waals surface area contributed by atoms with E-state index in [9.17, 15) is 4.79 Å². The molecule has 0 saturated heterocycles. The maximum Gasteiger partial charge on any atom is 0.370 e. The summed E-state index contributed by atoms with van der Waals surface area (Å²) in [6.07, 6.45) is 7.11. The van der Waals surface area contributed by atoms with Gasteiger partial charge in [-0.2, -0.15) is 0 Å². The molecule has 4 heteroatoms. The second kappa shape index (κ2) is 3.31. The molecule has 0 spiro atoms. The van der Waals surface area contributed by atoms with Crippen LogP contribution in [0.15, 0.2) is 35.6 Å². The number of nitrogens with two attached hydrogens (primary N) is 1. The zero-order valence-electron chi connectivity index (χ0n) is 7.51. The summed E-state index contributed by atoms with van der Waals surface area (Å²) in [4.78, 5) is 10.6. The second-order valence-corrected chi connectivity index (χ2v) is 3.30. The van der Waals surface area contributed by atoms with Crippen molar-refractivity contribution in [1.29, 1.82) is 0 Å². The van der Waals surface area contributed by atoms with Crippen LogP contribution in [-0.4, -0.2) is 23.7 Å². The van der Waals surface area contributed by atoms with E-state index >= 15 is 0 Å². The number of hydrogen-bond donors (Lipinski definition) is 2. The third kappa shape index (κ3) is 1.44. The van der Waals surface area contributed by atoms with Crippen LogP contribution in [0.2, 0.25) is 0 Å². The zero-order chi connectivity index (χ0) is 10.1. The van der Waals surface area contributed by atoms with Crippen molar-refractivity contribution >= 4 is 5.97 Å². The van der Waals surface area contributed by atoms with E-state index in [0.717, 1.165) is 5.57 Å². The smallest absolute Gasteiger partial charge is 0.370 e. The van der Waals surface area contributed by atoms with E-state index in [4.69, 9.17) is 15.6 Å². The van der Waals surface area contributed by atoms with E-state index in [1.807, 2.05) is 18.2 Å². The predicted octanol–water partition coefficient (Wildman–Crippen LogP) is 0.425. The van der Waals surface area contributed by atoms with Gasteiger partial charge in [0.1, 0.15) is 6.10 Å². The molecule has 1 aliphatic carbocycles. The van der Waals surface area contributed by atoms with Gasteiger partial charge in [0.2, 0.25) is 5.76 Å². The van der Waals surface area contributed by atoms with Crippen LogP contribution >= 0.6 is 0 Å². The number of hydrogen-bond acceptors (Lipinski definition) is 3. The molecule has 0 aromatic carbocycles. The number of rotatable bonds is 2. The van der Waals surface area contributed by atoms with Crippen LogP contribution < -0.4 is 5.73 Å². The Morgan fingerprint density at radius 2 is 2.36 bits per heavy atom. The molecule has 74 valence electrons. The van der Waals surface area contributed by atoms with Gasteiger partial charge in [0, 0.05) is 12.5 Å². The molecule has 1 heterocycles. The lowest BCUT2D eigenvalue weighted by Gasteiger charge is -2.17. The highest BCUT2D eigenvalue weighted by Gasteiger charge is 2.30. The summed E-state index contributed by atoms with van der Waals surface area (Å²) in [5.74, 6) is -0.973. The van der Waals surface area contributed by atoms with Crippen molar-refractivity contribution in [3.63, 3.8) is 0 Å². The highest BCUT2D eigenvalue weighted by Crippen LogP contribution is 2.29. The van der Waals surface area contributed by atoms with Crippen molar-refractivity contribution in [3.8, 4) is 0 Å². The number of aliphatic carboxylic acids is 1. The maximum absolute atomic E-state index is 10.6. The molecular formula is C10H11NO3. The molecule has 1 aliphatic heterocycles. The molecule has 0 bridgehead atoms. The van der Waals surface area contributed by atoms with Crippen LogP contribution in [0.5, 0.6) is 0 Å². The molecule has 2 aliphatic rings. The van der Waals surface area contributed by atoms with Crippen LogP contribution in [-0.2, 0) is 9.53 Å². The molecule has 2 atom stereocenters. The third-order valence-electron chi connectivity index (χ3n) is 2.34. The molecule has 4 nitrogen and oxygen atoms in total. The van der Waals surface area contributed by atoms with Crippen molar-refractivity contribution < 1.29 is 14.6 Å². The Hall–Kier alpha value is -1.55. The summed E-state index contributed by atoms with van der Waals surface area (Å²) >= 11 is 0. The molecule has 0 saturated carbocycles. The molecule has 0 radical (unpaired) electrons. The number of carbonyl (C=O) groups is 1. The van der Waals surface area contributed by atoms with Crippen LogP contribution in [0.4, 0.5) is 0 Å². The van der Waals surface area contributed by atoms with E-state index < -0.39 is 5.97 Å². The molecule has 0 amide bonds. The van der Waals surface area contributed by atoms with Gasteiger partial charge in [0.15, 0.2) is 0 Å². The molecular weight excluding hydrogens is 182 g/mol. The Morgan fingerprint density at radius 1 is 1.57 bits per heavy atom. The van der Waals surface area contributed by atoms with Crippen molar-refractivity contribution in [2.24, 2.45) is 11.7 Å². The highest BCUT2D eigenvalue weighted by molar-refractivity contribution is 5.85. The molecule has 3 N–H and O–H groups in total. The molecule has 0 aromatic rings. The lowest BCUT2D eigenvalue weighted by Crippen LogP contribution is -2.18. The average Bonchev–Trinajstić information content (AvgIpc) is 2.59. The fraction of sp³-hybridized carbons (Fsp3) is 0.300. The van der Waals surface area contributed by atoms with Gasteiger partial charge in [-0.05, 0) is 17.7 Å². The second-order valence-electron chi connectivity index (χ2n) is 3.30. The van der Waals surface area contributed by atoms with Crippen molar-refractivity contribution in [1.82, 2.24) is 0 Å². The Kier molecular flexibility index (Phi) is 2.13. The minimum absolute atomic E-state index is 0.0182. The Labute approximate surface area is 81.4 Å². The average molecular weight is 193 g/mol. The van der Waals surface area contributed by atoms with E-state index in [2.05, 4.69) is 0 Å². The van der Waals surface area contributed by atoms with Gasteiger partial charge in [-0.15, -0.1) is 0 Å². The number of carboxylic acid groups (broad SMARTS) is 1. The lowest BCUT2D eigenvalue weighted by atomic mass is 9.94. The van der Waals surface area contributed by atoms with Crippen molar-refractivity contribution in [2.75, 3.05) is 6.54 Å². The fourth-order valence-electron chi connectivity index (χ4n) is 1.62. The van der Waals surface area contributed by atoms with Crippen LogP contribution in [0.1, 0.15) is 0 Å². The highest BCUT2D eigenvalue weighted by atomic mass is 16.5. The van der Waals surface area contributed by atoms with Gasteiger partial charge in [-0.3, -0.25) is 0 Å². The van der Waals surface area contributed by atoms with E-state index in [1.54, 1.807) is 6.08 Å². The first-order chi connectivity index (χ1) is 6.70. The largest absolute Gasteiger partial charge is 0.478 e. The van der Waals surface area contributed by atoms with Crippen molar-refractivity contribution in [2.45, 2.75) is 6.10 Å². The predicted molar refractivity (Wildman–Crippen MR) is 50.4 cm³/mol. The third-order valence-corrected chi connectivity index (χ3v) is 2.34. The zero-order valence-corrected chi connectivity index (χ0v) is 7.51. The van der Waals surface area contributed by atoms with Gasteiger partial charge >= 0.3 is 5.97 Å². The molecule has 14 heavy (non-hydrogen) atoms. The topological polar surface area (TPSA) is 72.6 Å². The van der Waals surface area contributed by atoms with Gasteiger partial charge < -0.3 is 15.6 Å². The molecule has 0 aromatic heterocycles. The lowest BCUT2D eigenvalue weighted by molar-refractivity contribution is -0.136. The Morgan fingerprint density at radius 3 is 3.00 bits per heavy atom. The minimum atomic E-state index is -1.02. The Bertz CT molecular complexity index is 354. The van der Waals surface area contributed by atoms with Gasteiger partial charge in [-0.25, -0.2) is 4.79 Å². The van der Waals surface area contributed by atoms with E-state index in [1.165, 1.54) is 0 Å². The normalized spacial score (nSPS) is 28.9. The first-order valence-corrected chi connectivity index (χ1v) is 4.41. The number of carboxylic acids is 1. The van der Waals surface area contributed by atoms with Crippen LogP contribution in [0.25, 0.3) is 0 Å². The maximum atomic E-state index is 10.6. The summed E-state index contributed by atoms with van der Waals surface area (Å²) < 4.78 is 5.21. The molecule has 0 fully saturated rings. The SMILES string of the molecule is NCC1=CC2C=C(C(=O)O)OC2C=C1. The summed E-state index contributed by atoms with van der Waals surface area (Å²) in [5, 5.41) is 8.72.